The van der Waals surface area contributed by atoms with Crippen LogP contribution in [0.4, 0.5) is 5.69 Å². The van der Waals surface area contributed by atoms with Gasteiger partial charge in [-0.25, -0.2) is 0 Å². The summed E-state index contributed by atoms with van der Waals surface area (Å²) in [5.41, 5.74) is 2.41. The number of anilines is 1. The quantitative estimate of drug-likeness (QED) is 0.504. The summed E-state index contributed by atoms with van der Waals surface area (Å²) in [5.74, 6) is 1.44. The number of benzene rings is 1. The minimum absolute atomic E-state index is 0.720. The molecule has 0 heterocycles. The van der Waals surface area contributed by atoms with E-state index in [1.807, 2.05) is 0 Å². The molecule has 1 aromatic rings. The van der Waals surface area contributed by atoms with Crippen LogP contribution in [0.3, 0.4) is 0 Å². The van der Waals surface area contributed by atoms with Gasteiger partial charge < -0.3 is 4.90 Å². The maximum absolute atomic E-state index is 6.47. The molecule has 0 N–H and O–H groups in total. The minimum Gasteiger partial charge on any atom is -0.370 e. The van der Waals surface area contributed by atoms with Gasteiger partial charge in [-0.05, 0) is 42.4 Å². The Morgan fingerprint density at radius 3 is 2.00 bits per heavy atom. The van der Waals surface area contributed by atoms with Crippen LogP contribution in [0.15, 0.2) is 18.2 Å². The lowest BCUT2D eigenvalue weighted by Crippen LogP contribution is -2.27. The summed E-state index contributed by atoms with van der Waals surface area (Å²) in [5, 5.41) is 1.72. The van der Waals surface area contributed by atoms with E-state index in [-0.39, 0.29) is 0 Å². The highest BCUT2D eigenvalue weighted by atomic mass is 79.9. The standard InChI is InChI=1S/C17H27BrClN/c1-13(2)7-9-20(10-8-14(3)4)17-6-5-15(12-18)11-16(17)19/h5-6,11,13-14H,7-10,12H2,1-4H3. The monoisotopic (exact) mass is 359 g/mol. The van der Waals surface area contributed by atoms with Crippen LogP contribution >= 0.6 is 27.5 Å². The normalized spacial score (nSPS) is 11.4. The second kappa shape index (κ2) is 8.94. The Bertz CT molecular complexity index is 392. The van der Waals surface area contributed by atoms with Gasteiger partial charge >= 0.3 is 0 Å². The van der Waals surface area contributed by atoms with Gasteiger partial charge in [0.25, 0.3) is 0 Å². The highest BCUT2D eigenvalue weighted by Crippen LogP contribution is 2.29. The van der Waals surface area contributed by atoms with Crippen LogP contribution in [0, 0.1) is 11.8 Å². The van der Waals surface area contributed by atoms with Gasteiger partial charge in [-0.2, -0.15) is 0 Å². The molecule has 0 aromatic heterocycles. The molecule has 0 aliphatic carbocycles. The summed E-state index contributed by atoms with van der Waals surface area (Å²) in [6.07, 6.45) is 2.41. The average Bonchev–Trinajstić information content (AvgIpc) is 2.39. The Labute approximate surface area is 137 Å². The van der Waals surface area contributed by atoms with Gasteiger partial charge in [0, 0.05) is 18.4 Å². The van der Waals surface area contributed by atoms with E-state index in [0.717, 1.165) is 35.3 Å². The molecule has 1 aromatic carbocycles. The first-order valence-electron chi connectivity index (χ1n) is 7.53. The molecule has 1 rings (SSSR count). The van der Waals surface area contributed by atoms with E-state index < -0.39 is 0 Å². The second-order valence-corrected chi connectivity index (χ2v) is 7.24. The Morgan fingerprint density at radius 1 is 1.05 bits per heavy atom. The van der Waals surface area contributed by atoms with E-state index in [0.29, 0.717) is 0 Å². The summed E-state index contributed by atoms with van der Waals surface area (Å²) in [4.78, 5) is 2.44. The van der Waals surface area contributed by atoms with E-state index in [4.69, 9.17) is 11.6 Å². The zero-order chi connectivity index (χ0) is 15.1. The number of hydrogen-bond donors (Lipinski definition) is 0. The third-order valence-corrected chi connectivity index (χ3v) is 4.41. The molecule has 0 amide bonds. The predicted molar refractivity (Wildman–Crippen MR) is 95.2 cm³/mol. The first-order chi connectivity index (χ1) is 9.43. The van der Waals surface area contributed by atoms with Crippen LogP contribution in [0.2, 0.25) is 5.02 Å². The van der Waals surface area contributed by atoms with Crippen LogP contribution < -0.4 is 4.90 Å². The Hall–Kier alpha value is -0.210. The third kappa shape index (κ3) is 6.05. The van der Waals surface area contributed by atoms with Gasteiger partial charge in [-0.1, -0.05) is 61.3 Å². The van der Waals surface area contributed by atoms with Crippen molar-refractivity contribution in [3.8, 4) is 0 Å². The zero-order valence-corrected chi connectivity index (χ0v) is 15.5. The third-order valence-electron chi connectivity index (χ3n) is 3.46. The Balaban J connectivity index is 2.84. The fraction of sp³-hybridized carbons (Fsp3) is 0.647. The SMILES string of the molecule is CC(C)CCN(CCC(C)C)c1ccc(CBr)cc1Cl. The lowest BCUT2D eigenvalue weighted by molar-refractivity contribution is 0.535. The van der Waals surface area contributed by atoms with Crippen molar-refractivity contribution in [2.75, 3.05) is 18.0 Å². The summed E-state index contributed by atoms with van der Waals surface area (Å²) in [6, 6.07) is 6.40. The van der Waals surface area contributed by atoms with Gasteiger partial charge in [0.2, 0.25) is 0 Å². The maximum Gasteiger partial charge on any atom is 0.0642 e. The molecule has 0 unspecified atom stereocenters. The average molecular weight is 361 g/mol. The smallest absolute Gasteiger partial charge is 0.0642 e. The molecule has 0 bridgehead atoms. The lowest BCUT2D eigenvalue weighted by Gasteiger charge is -2.27. The first-order valence-corrected chi connectivity index (χ1v) is 9.03. The van der Waals surface area contributed by atoms with Crippen LogP contribution in [0.5, 0.6) is 0 Å². The van der Waals surface area contributed by atoms with E-state index in [1.54, 1.807) is 0 Å². The molecule has 1 nitrogen and oxygen atoms in total. The Morgan fingerprint density at radius 2 is 1.60 bits per heavy atom. The van der Waals surface area contributed by atoms with Crippen molar-refractivity contribution in [1.82, 2.24) is 0 Å². The van der Waals surface area contributed by atoms with Crippen LogP contribution in [0.25, 0.3) is 0 Å². The largest absolute Gasteiger partial charge is 0.370 e. The van der Waals surface area contributed by atoms with Crippen LogP contribution in [-0.2, 0) is 5.33 Å². The van der Waals surface area contributed by atoms with E-state index in [9.17, 15) is 0 Å². The fourth-order valence-corrected chi connectivity index (χ4v) is 2.74. The molecule has 0 atom stereocenters. The van der Waals surface area contributed by atoms with Gasteiger partial charge in [0.1, 0.15) is 0 Å². The Kier molecular flexibility index (Phi) is 7.98. The van der Waals surface area contributed by atoms with Crippen LogP contribution in [0.1, 0.15) is 46.1 Å². The van der Waals surface area contributed by atoms with Crippen molar-refractivity contribution in [3.05, 3.63) is 28.8 Å². The molecule has 0 aliphatic heterocycles. The highest BCUT2D eigenvalue weighted by Gasteiger charge is 2.12. The van der Waals surface area contributed by atoms with E-state index >= 15 is 0 Å². The van der Waals surface area contributed by atoms with Crippen molar-refractivity contribution in [1.29, 1.82) is 0 Å². The van der Waals surface area contributed by atoms with Crippen molar-refractivity contribution in [2.24, 2.45) is 11.8 Å². The van der Waals surface area contributed by atoms with Crippen molar-refractivity contribution >= 4 is 33.2 Å². The number of rotatable bonds is 8. The molecular formula is C17H27BrClN. The molecule has 0 aliphatic rings. The minimum atomic E-state index is 0.720. The molecule has 0 saturated carbocycles. The molecular weight excluding hydrogens is 334 g/mol. The van der Waals surface area contributed by atoms with Crippen molar-refractivity contribution in [2.45, 2.75) is 45.9 Å². The molecule has 0 spiro atoms. The summed E-state index contributed by atoms with van der Waals surface area (Å²) >= 11 is 9.95. The fourth-order valence-electron chi connectivity index (χ4n) is 2.07. The zero-order valence-electron chi connectivity index (χ0n) is 13.1. The second-order valence-electron chi connectivity index (χ2n) is 6.27. The number of halogens is 2. The molecule has 20 heavy (non-hydrogen) atoms. The number of hydrogen-bond acceptors (Lipinski definition) is 1. The van der Waals surface area contributed by atoms with E-state index in [2.05, 4.69) is 66.7 Å². The lowest BCUT2D eigenvalue weighted by atomic mass is 10.1. The number of nitrogens with zero attached hydrogens (tertiary/aromatic N) is 1. The summed E-state index contributed by atoms with van der Waals surface area (Å²) < 4.78 is 0. The highest BCUT2D eigenvalue weighted by molar-refractivity contribution is 9.08. The first kappa shape index (κ1) is 17.8. The van der Waals surface area contributed by atoms with Gasteiger partial charge in [0.15, 0.2) is 0 Å². The molecule has 114 valence electrons. The van der Waals surface area contributed by atoms with Crippen LogP contribution in [-0.4, -0.2) is 13.1 Å². The molecule has 3 heteroatoms. The molecule has 0 saturated heterocycles. The van der Waals surface area contributed by atoms with E-state index in [1.165, 1.54) is 24.1 Å². The van der Waals surface area contributed by atoms with Crippen molar-refractivity contribution < 1.29 is 0 Å². The molecule has 0 radical (unpaired) electrons. The van der Waals surface area contributed by atoms with Gasteiger partial charge in [-0.3, -0.25) is 0 Å². The predicted octanol–water partition coefficient (Wildman–Crippen LogP) is 6.13. The molecule has 0 fully saturated rings. The van der Waals surface area contributed by atoms with Crippen molar-refractivity contribution in [3.63, 3.8) is 0 Å². The summed E-state index contributed by atoms with van der Waals surface area (Å²) in [6.45, 7) is 11.3. The summed E-state index contributed by atoms with van der Waals surface area (Å²) in [7, 11) is 0. The van der Waals surface area contributed by atoms with Gasteiger partial charge in [0.05, 0.1) is 10.7 Å². The van der Waals surface area contributed by atoms with Gasteiger partial charge in [-0.15, -0.1) is 0 Å². The number of alkyl halides is 1. The maximum atomic E-state index is 6.47. The topological polar surface area (TPSA) is 3.24 Å².